The molecular formula is C13H27N. The van der Waals surface area contributed by atoms with Gasteiger partial charge in [-0.3, -0.25) is 0 Å². The number of hydrogen-bond acceptors (Lipinski definition) is 1. The first kappa shape index (κ1) is 12.0. The lowest BCUT2D eigenvalue weighted by molar-refractivity contribution is 0.0183. The third-order valence-corrected chi connectivity index (χ3v) is 4.43. The van der Waals surface area contributed by atoms with Crippen molar-refractivity contribution in [1.82, 2.24) is 0 Å². The summed E-state index contributed by atoms with van der Waals surface area (Å²) in [6, 6.07) is 0.387. The minimum Gasteiger partial charge on any atom is -0.327 e. The second-order valence-electron chi connectivity index (χ2n) is 6.60. The molecule has 0 aromatic rings. The Morgan fingerprint density at radius 3 is 1.93 bits per heavy atom. The predicted molar refractivity (Wildman–Crippen MR) is 63.1 cm³/mol. The van der Waals surface area contributed by atoms with Gasteiger partial charge in [0.15, 0.2) is 0 Å². The Morgan fingerprint density at radius 1 is 1.29 bits per heavy atom. The van der Waals surface area contributed by atoms with E-state index in [9.17, 15) is 0 Å². The highest BCUT2D eigenvalue weighted by atomic mass is 14.8. The molecule has 3 atom stereocenters. The highest BCUT2D eigenvalue weighted by Gasteiger charge is 2.53. The van der Waals surface area contributed by atoms with E-state index in [1.165, 1.54) is 12.8 Å². The maximum absolute atomic E-state index is 6.39. The second-order valence-corrected chi connectivity index (χ2v) is 6.60. The maximum Gasteiger partial charge on any atom is 0.0106 e. The van der Waals surface area contributed by atoms with Crippen LogP contribution in [0.4, 0.5) is 0 Å². The third kappa shape index (κ3) is 1.60. The van der Waals surface area contributed by atoms with Crippen LogP contribution >= 0.6 is 0 Å². The van der Waals surface area contributed by atoms with Crippen molar-refractivity contribution < 1.29 is 0 Å². The van der Waals surface area contributed by atoms with E-state index in [0.29, 0.717) is 22.8 Å². The molecule has 0 saturated heterocycles. The fourth-order valence-electron chi connectivity index (χ4n) is 3.85. The topological polar surface area (TPSA) is 26.0 Å². The Balaban J connectivity index is 3.06. The first-order valence-corrected chi connectivity index (χ1v) is 5.97. The molecule has 1 saturated carbocycles. The van der Waals surface area contributed by atoms with Gasteiger partial charge in [0.05, 0.1) is 0 Å². The fourth-order valence-corrected chi connectivity index (χ4v) is 3.85. The smallest absolute Gasteiger partial charge is 0.0106 e. The van der Waals surface area contributed by atoms with Crippen molar-refractivity contribution in [2.75, 3.05) is 0 Å². The Morgan fingerprint density at radius 2 is 1.79 bits per heavy atom. The molecule has 0 heterocycles. The lowest BCUT2D eigenvalue weighted by atomic mass is 9.57. The molecule has 0 radical (unpaired) electrons. The molecule has 14 heavy (non-hydrogen) atoms. The number of nitrogens with two attached hydrogens (primary N) is 1. The minimum atomic E-state index is 0.325. The second kappa shape index (κ2) is 3.52. The molecule has 1 aliphatic carbocycles. The van der Waals surface area contributed by atoms with Gasteiger partial charge in [0.25, 0.3) is 0 Å². The van der Waals surface area contributed by atoms with E-state index < -0.39 is 0 Å². The van der Waals surface area contributed by atoms with Crippen molar-refractivity contribution in [1.29, 1.82) is 0 Å². The summed E-state index contributed by atoms with van der Waals surface area (Å²) in [7, 11) is 0. The summed E-state index contributed by atoms with van der Waals surface area (Å²) in [5.41, 5.74) is 7.06. The van der Waals surface area contributed by atoms with Gasteiger partial charge in [-0.2, -0.15) is 0 Å². The summed E-state index contributed by atoms with van der Waals surface area (Å²) >= 11 is 0. The molecule has 0 aromatic carbocycles. The Labute approximate surface area is 89.5 Å². The van der Waals surface area contributed by atoms with Gasteiger partial charge in [-0.05, 0) is 35.5 Å². The summed E-state index contributed by atoms with van der Waals surface area (Å²) in [6.45, 7) is 14.1. The Kier molecular flexibility index (Phi) is 3.02. The van der Waals surface area contributed by atoms with Crippen LogP contribution in [0, 0.1) is 22.7 Å². The Bertz CT molecular complexity index is 202. The van der Waals surface area contributed by atoms with Gasteiger partial charge < -0.3 is 5.73 Å². The van der Waals surface area contributed by atoms with Gasteiger partial charge in [-0.15, -0.1) is 0 Å². The average Bonchev–Trinajstić information content (AvgIpc) is 2.24. The van der Waals surface area contributed by atoms with Crippen LogP contribution in [0.3, 0.4) is 0 Å². The molecule has 2 N–H and O–H groups in total. The van der Waals surface area contributed by atoms with Gasteiger partial charge >= 0.3 is 0 Å². The third-order valence-electron chi connectivity index (χ3n) is 4.43. The molecule has 2 unspecified atom stereocenters. The summed E-state index contributed by atoms with van der Waals surface area (Å²) < 4.78 is 0. The minimum absolute atomic E-state index is 0.325. The van der Waals surface area contributed by atoms with E-state index in [4.69, 9.17) is 5.73 Å². The van der Waals surface area contributed by atoms with E-state index in [1.807, 2.05) is 0 Å². The summed E-state index contributed by atoms with van der Waals surface area (Å²) in [6.07, 6.45) is 2.50. The van der Waals surface area contributed by atoms with Crippen LogP contribution in [0.1, 0.15) is 54.4 Å². The summed E-state index contributed by atoms with van der Waals surface area (Å²) in [5, 5.41) is 0. The van der Waals surface area contributed by atoms with E-state index in [-0.39, 0.29) is 0 Å². The molecule has 1 aliphatic rings. The highest BCUT2D eigenvalue weighted by Crippen LogP contribution is 2.56. The zero-order chi connectivity index (χ0) is 11.1. The van der Waals surface area contributed by atoms with Crippen molar-refractivity contribution in [3.63, 3.8) is 0 Å². The lowest BCUT2D eigenvalue weighted by Gasteiger charge is -2.49. The van der Waals surface area contributed by atoms with Gasteiger partial charge in [-0.1, -0.05) is 41.5 Å². The van der Waals surface area contributed by atoms with Crippen LogP contribution in [0.25, 0.3) is 0 Å². The molecule has 84 valence electrons. The van der Waals surface area contributed by atoms with E-state index in [0.717, 1.165) is 5.92 Å². The lowest BCUT2D eigenvalue weighted by Crippen LogP contribution is -2.50. The molecule has 1 nitrogen and oxygen atoms in total. The van der Waals surface area contributed by atoms with Crippen LogP contribution in [-0.2, 0) is 0 Å². The average molecular weight is 197 g/mol. The zero-order valence-electron chi connectivity index (χ0n) is 10.7. The van der Waals surface area contributed by atoms with Crippen LogP contribution in [-0.4, -0.2) is 6.04 Å². The normalized spacial score (nSPS) is 39.4. The summed E-state index contributed by atoms with van der Waals surface area (Å²) in [5.74, 6) is 1.48. The molecule has 0 amide bonds. The van der Waals surface area contributed by atoms with Gasteiger partial charge in [-0.25, -0.2) is 0 Å². The van der Waals surface area contributed by atoms with Crippen LogP contribution in [0.5, 0.6) is 0 Å². The molecule has 1 rings (SSSR count). The number of hydrogen-bond donors (Lipinski definition) is 1. The van der Waals surface area contributed by atoms with Crippen molar-refractivity contribution >= 4 is 0 Å². The fraction of sp³-hybridized carbons (Fsp3) is 1.00. The van der Waals surface area contributed by atoms with E-state index in [2.05, 4.69) is 41.5 Å². The highest BCUT2D eigenvalue weighted by molar-refractivity contribution is 5.05. The molecule has 0 spiro atoms. The quantitative estimate of drug-likeness (QED) is 0.684. The van der Waals surface area contributed by atoms with Crippen LogP contribution in [0.15, 0.2) is 0 Å². The molecule has 0 bridgehead atoms. The standard InChI is InChI=1S/C13H27N/c1-9(2)13(12(4,5)6)8-10(3)7-11(13)14/h9-11H,7-8,14H2,1-6H3/t10?,11-,13?/m1/s1. The molecule has 0 aromatic heterocycles. The van der Waals surface area contributed by atoms with E-state index in [1.54, 1.807) is 0 Å². The van der Waals surface area contributed by atoms with Gasteiger partial charge in [0, 0.05) is 6.04 Å². The van der Waals surface area contributed by atoms with Crippen LogP contribution in [0.2, 0.25) is 0 Å². The van der Waals surface area contributed by atoms with Crippen molar-refractivity contribution in [3.05, 3.63) is 0 Å². The maximum atomic E-state index is 6.39. The number of rotatable bonds is 1. The van der Waals surface area contributed by atoms with Crippen molar-refractivity contribution in [2.45, 2.75) is 60.4 Å². The molecular weight excluding hydrogens is 170 g/mol. The molecule has 1 fully saturated rings. The monoisotopic (exact) mass is 197 g/mol. The van der Waals surface area contributed by atoms with Crippen molar-refractivity contribution in [3.8, 4) is 0 Å². The molecule has 0 aliphatic heterocycles. The first-order valence-electron chi connectivity index (χ1n) is 5.97. The largest absolute Gasteiger partial charge is 0.327 e. The van der Waals surface area contributed by atoms with E-state index >= 15 is 0 Å². The Hall–Kier alpha value is -0.0400. The SMILES string of the molecule is CC1C[C@@H](N)C(C(C)C)(C(C)(C)C)C1. The predicted octanol–water partition coefficient (Wildman–Crippen LogP) is 3.43. The molecule has 1 heteroatoms. The zero-order valence-corrected chi connectivity index (χ0v) is 10.7. The van der Waals surface area contributed by atoms with Gasteiger partial charge in [0.2, 0.25) is 0 Å². The van der Waals surface area contributed by atoms with Crippen LogP contribution < -0.4 is 5.73 Å². The first-order chi connectivity index (χ1) is 6.22. The summed E-state index contributed by atoms with van der Waals surface area (Å²) in [4.78, 5) is 0. The van der Waals surface area contributed by atoms with Gasteiger partial charge in [0.1, 0.15) is 0 Å². The van der Waals surface area contributed by atoms with Crippen molar-refractivity contribution in [2.24, 2.45) is 28.4 Å².